The van der Waals surface area contributed by atoms with Crippen molar-refractivity contribution in [2.75, 3.05) is 0 Å². The zero-order chi connectivity index (χ0) is 15.4. The molecule has 6 atom stereocenters. The van der Waals surface area contributed by atoms with E-state index in [-0.39, 0.29) is 5.41 Å². The third-order valence-corrected chi connectivity index (χ3v) is 8.10. The molecule has 0 heterocycles. The molecule has 0 aromatic rings. The molecule has 0 radical (unpaired) electrons. The van der Waals surface area contributed by atoms with Crippen LogP contribution in [0, 0.1) is 41.4 Å². The van der Waals surface area contributed by atoms with Gasteiger partial charge in [-0.1, -0.05) is 24.5 Å². The molecule has 0 spiro atoms. The Labute approximate surface area is 135 Å². The summed E-state index contributed by atoms with van der Waals surface area (Å²) in [5, 5.41) is 11.1. The highest BCUT2D eigenvalue weighted by atomic mass is 16.3. The zero-order valence-corrected chi connectivity index (χ0v) is 14.0. The van der Waals surface area contributed by atoms with E-state index in [1.54, 1.807) is 5.57 Å². The SMILES string of the molecule is C#CC1(O)CCC2C3CCC4=CCCCC4C3CCC21CC. The summed E-state index contributed by atoms with van der Waals surface area (Å²) in [6, 6.07) is 0. The van der Waals surface area contributed by atoms with Gasteiger partial charge in [0.15, 0.2) is 0 Å². The Morgan fingerprint density at radius 3 is 2.86 bits per heavy atom. The second kappa shape index (κ2) is 5.13. The van der Waals surface area contributed by atoms with Crippen LogP contribution in [-0.4, -0.2) is 10.7 Å². The fourth-order valence-electron chi connectivity index (χ4n) is 7.08. The van der Waals surface area contributed by atoms with Crippen LogP contribution in [0.3, 0.4) is 0 Å². The quantitative estimate of drug-likeness (QED) is 0.549. The molecule has 3 saturated carbocycles. The van der Waals surface area contributed by atoms with E-state index in [4.69, 9.17) is 6.42 Å². The van der Waals surface area contributed by atoms with Gasteiger partial charge in [-0.25, -0.2) is 0 Å². The van der Waals surface area contributed by atoms with Crippen LogP contribution in [0.25, 0.3) is 0 Å². The lowest BCUT2D eigenvalue weighted by molar-refractivity contribution is -0.0993. The van der Waals surface area contributed by atoms with Gasteiger partial charge in [0.2, 0.25) is 0 Å². The molecule has 3 fully saturated rings. The maximum Gasteiger partial charge on any atom is 0.131 e. The summed E-state index contributed by atoms with van der Waals surface area (Å²) in [5.74, 6) is 6.05. The maximum absolute atomic E-state index is 11.1. The molecule has 4 aliphatic carbocycles. The molecule has 0 amide bonds. The highest BCUT2D eigenvalue weighted by molar-refractivity contribution is 5.26. The van der Waals surface area contributed by atoms with Gasteiger partial charge in [0.05, 0.1) is 0 Å². The number of rotatable bonds is 1. The highest BCUT2D eigenvalue weighted by Crippen LogP contribution is 2.66. The molecule has 0 saturated heterocycles. The van der Waals surface area contributed by atoms with Crippen molar-refractivity contribution in [3.05, 3.63) is 11.6 Å². The number of terminal acetylenes is 1. The van der Waals surface area contributed by atoms with Crippen molar-refractivity contribution in [2.45, 2.75) is 76.7 Å². The molecule has 4 aliphatic rings. The minimum atomic E-state index is -0.833. The van der Waals surface area contributed by atoms with Crippen LogP contribution in [0.4, 0.5) is 0 Å². The summed E-state index contributed by atoms with van der Waals surface area (Å²) in [6.07, 6.45) is 20.6. The first kappa shape index (κ1) is 14.8. The molecule has 0 aromatic carbocycles. The van der Waals surface area contributed by atoms with Crippen molar-refractivity contribution in [2.24, 2.45) is 29.1 Å². The number of hydrogen-bond acceptors (Lipinski definition) is 1. The summed E-state index contributed by atoms with van der Waals surface area (Å²) >= 11 is 0. The van der Waals surface area contributed by atoms with Gasteiger partial charge in [0, 0.05) is 5.41 Å². The Hall–Kier alpha value is -0.740. The predicted molar refractivity (Wildman–Crippen MR) is 90.1 cm³/mol. The first-order valence-corrected chi connectivity index (χ1v) is 9.54. The third-order valence-electron chi connectivity index (χ3n) is 8.10. The van der Waals surface area contributed by atoms with Gasteiger partial charge in [0.25, 0.3) is 0 Å². The average Bonchev–Trinajstić information content (AvgIpc) is 2.89. The Morgan fingerprint density at radius 2 is 2.09 bits per heavy atom. The standard InChI is InChI=1S/C21H30O/c1-3-20-13-11-17-16-8-6-5-7-15(16)9-10-18(17)19(20)12-14-21(20,22)4-2/h2,7,16-19,22H,3,5-6,8-14H2,1H3. The molecular formula is C21H30O. The lowest BCUT2D eigenvalue weighted by Gasteiger charge is -2.56. The van der Waals surface area contributed by atoms with Gasteiger partial charge in [0.1, 0.15) is 5.60 Å². The van der Waals surface area contributed by atoms with E-state index in [0.717, 1.165) is 43.4 Å². The van der Waals surface area contributed by atoms with E-state index < -0.39 is 5.60 Å². The largest absolute Gasteiger partial charge is 0.377 e. The summed E-state index contributed by atoms with van der Waals surface area (Å²) in [6.45, 7) is 2.26. The van der Waals surface area contributed by atoms with Crippen molar-refractivity contribution in [3.63, 3.8) is 0 Å². The monoisotopic (exact) mass is 298 g/mol. The highest BCUT2D eigenvalue weighted by Gasteiger charge is 2.63. The summed E-state index contributed by atoms with van der Waals surface area (Å²) < 4.78 is 0. The summed E-state index contributed by atoms with van der Waals surface area (Å²) in [5.41, 5.74) is 0.959. The molecule has 0 bridgehead atoms. The van der Waals surface area contributed by atoms with Crippen LogP contribution in [-0.2, 0) is 0 Å². The van der Waals surface area contributed by atoms with E-state index in [9.17, 15) is 5.11 Å². The normalized spacial score (nSPS) is 50.3. The van der Waals surface area contributed by atoms with Crippen LogP contribution < -0.4 is 0 Å². The molecule has 1 nitrogen and oxygen atoms in total. The molecule has 22 heavy (non-hydrogen) atoms. The molecule has 6 unspecified atom stereocenters. The van der Waals surface area contributed by atoms with Crippen LogP contribution in [0.15, 0.2) is 11.6 Å². The smallest absolute Gasteiger partial charge is 0.131 e. The topological polar surface area (TPSA) is 20.2 Å². The Balaban J connectivity index is 1.68. The second-order valence-electron chi connectivity index (χ2n) is 8.38. The van der Waals surface area contributed by atoms with Crippen molar-refractivity contribution < 1.29 is 5.11 Å². The third kappa shape index (κ3) is 1.77. The van der Waals surface area contributed by atoms with E-state index in [0.29, 0.717) is 5.92 Å². The fourth-order valence-corrected chi connectivity index (χ4v) is 7.08. The van der Waals surface area contributed by atoms with Crippen LogP contribution >= 0.6 is 0 Å². The minimum Gasteiger partial charge on any atom is -0.377 e. The number of hydrogen-bond donors (Lipinski definition) is 1. The molecular weight excluding hydrogens is 268 g/mol. The van der Waals surface area contributed by atoms with Crippen LogP contribution in [0.2, 0.25) is 0 Å². The van der Waals surface area contributed by atoms with Crippen molar-refractivity contribution in [3.8, 4) is 12.3 Å². The zero-order valence-electron chi connectivity index (χ0n) is 14.0. The average molecular weight is 298 g/mol. The van der Waals surface area contributed by atoms with Gasteiger partial charge in [-0.05, 0) is 87.9 Å². The van der Waals surface area contributed by atoms with Gasteiger partial charge in [-0.3, -0.25) is 0 Å². The minimum absolute atomic E-state index is 0.0127. The Kier molecular flexibility index (Phi) is 3.46. The molecule has 0 aromatic heterocycles. The van der Waals surface area contributed by atoms with Gasteiger partial charge >= 0.3 is 0 Å². The summed E-state index contributed by atoms with van der Waals surface area (Å²) in [4.78, 5) is 0. The second-order valence-corrected chi connectivity index (χ2v) is 8.38. The molecule has 1 heteroatoms. The van der Waals surface area contributed by atoms with E-state index in [1.807, 2.05) is 0 Å². The van der Waals surface area contributed by atoms with Gasteiger partial charge in [-0.2, -0.15) is 0 Å². The molecule has 0 aliphatic heterocycles. The maximum atomic E-state index is 11.1. The fraction of sp³-hybridized carbons (Fsp3) is 0.810. The Bertz CT molecular complexity index is 527. The predicted octanol–water partition coefficient (Wildman–Crippen LogP) is 4.70. The Morgan fingerprint density at radius 1 is 1.23 bits per heavy atom. The van der Waals surface area contributed by atoms with Crippen LogP contribution in [0.1, 0.15) is 71.1 Å². The van der Waals surface area contributed by atoms with Crippen molar-refractivity contribution >= 4 is 0 Å². The van der Waals surface area contributed by atoms with Crippen LogP contribution in [0.5, 0.6) is 0 Å². The number of aliphatic hydroxyl groups is 1. The van der Waals surface area contributed by atoms with Crippen molar-refractivity contribution in [1.29, 1.82) is 0 Å². The number of fused-ring (bicyclic) bond motifs is 5. The van der Waals surface area contributed by atoms with E-state index in [1.165, 1.54) is 38.5 Å². The summed E-state index contributed by atoms with van der Waals surface area (Å²) in [7, 11) is 0. The number of allylic oxidation sites excluding steroid dienone is 2. The lowest BCUT2D eigenvalue weighted by Crippen LogP contribution is -2.53. The molecule has 4 rings (SSSR count). The van der Waals surface area contributed by atoms with Crippen molar-refractivity contribution in [1.82, 2.24) is 0 Å². The lowest BCUT2D eigenvalue weighted by atomic mass is 9.49. The molecule has 120 valence electrons. The van der Waals surface area contributed by atoms with E-state index in [2.05, 4.69) is 18.9 Å². The first-order valence-electron chi connectivity index (χ1n) is 9.54. The first-order chi connectivity index (χ1) is 10.6. The molecule has 1 N–H and O–H groups in total. The van der Waals surface area contributed by atoms with E-state index >= 15 is 0 Å². The van der Waals surface area contributed by atoms with Gasteiger partial charge < -0.3 is 5.11 Å². The van der Waals surface area contributed by atoms with Gasteiger partial charge in [-0.15, -0.1) is 6.42 Å².